The molecule has 84 valence electrons. The van der Waals surface area contributed by atoms with Crippen LogP contribution in [-0.4, -0.2) is 4.57 Å². The van der Waals surface area contributed by atoms with Gasteiger partial charge in [0.25, 0.3) is 0 Å². The summed E-state index contributed by atoms with van der Waals surface area (Å²) in [7, 11) is 0. The van der Waals surface area contributed by atoms with Crippen molar-refractivity contribution in [2.75, 3.05) is 5.73 Å². The highest BCUT2D eigenvalue weighted by molar-refractivity contribution is 7.09. The van der Waals surface area contributed by atoms with E-state index in [-0.39, 0.29) is 4.87 Å². The van der Waals surface area contributed by atoms with Crippen LogP contribution >= 0.6 is 11.3 Å². The largest absolute Gasteiger partial charge is 0.398 e. The quantitative estimate of drug-likeness (QED) is 0.809. The Hall–Kier alpha value is -1.55. The maximum Gasteiger partial charge on any atom is 0.307 e. The van der Waals surface area contributed by atoms with E-state index in [1.807, 2.05) is 38.1 Å². The fourth-order valence-corrected chi connectivity index (χ4v) is 2.45. The van der Waals surface area contributed by atoms with Crippen LogP contribution in [0.1, 0.15) is 16.1 Å². The highest BCUT2D eigenvalue weighted by Gasteiger charge is 2.08. The van der Waals surface area contributed by atoms with Gasteiger partial charge in [0.1, 0.15) is 0 Å². The molecule has 2 rings (SSSR count). The number of hydrogen-bond donors (Lipinski definition) is 1. The molecule has 4 heteroatoms. The predicted molar refractivity (Wildman–Crippen MR) is 68.0 cm³/mol. The lowest BCUT2D eigenvalue weighted by Gasteiger charge is -2.07. The minimum atomic E-state index is 0.0817. The molecule has 0 saturated carbocycles. The van der Waals surface area contributed by atoms with E-state index in [0.29, 0.717) is 6.54 Å². The van der Waals surface area contributed by atoms with Crippen molar-refractivity contribution in [1.29, 1.82) is 0 Å². The molecular formula is C12H14N2OS. The maximum atomic E-state index is 11.7. The molecule has 0 fully saturated rings. The molecule has 0 unspecified atom stereocenters. The third-order valence-corrected chi connectivity index (χ3v) is 3.76. The second kappa shape index (κ2) is 4.14. The molecule has 0 saturated heterocycles. The Bertz CT molecular complexity index is 569. The van der Waals surface area contributed by atoms with Crippen molar-refractivity contribution >= 4 is 17.0 Å². The number of nitrogens with two attached hydrogens (primary N) is 1. The van der Waals surface area contributed by atoms with E-state index < -0.39 is 0 Å². The first-order valence-corrected chi connectivity index (χ1v) is 5.91. The number of rotatable bonds is 2. The van der Waals surface area contributed by atoms with Crippen LogP contribution in [0, 0.1) is 13.8 Å². The number of aromatic nitrogens is 1. The SMILES string of the molecule is Cc1sc(=O)n(Cc2ccccc2N)c1C. The topological polar surface area (TPSA) is 48.0 Å². The van der Waals surface area contributed by atoms with Crippen molar-refractivity contribution in [3.05, 3.63) is 50.1 Å². The van der Waals surface area contributed by atoms with Gasteiger partial charge in [-0.2, -0.15) is 0 Å². The average molecular weight is 234 g/mol. The standard InChI is InChI=1S/C12H14N2OS/c1-8-9(2)16-12(15)14(8)7-10-5-3-4-6-11(10)13/h3-6H,7,13H2,1-2H3. The molecule has 1 aromatic heterocycles. The van der Waals surface area contributed by atoms with Crippen LogP contribution in [0.15, 0.2) is 29.1 Å². The molecule has 0 amide bonds. The molecule has 0 radical (unpaired) electrons. The number of thiazole rings is 1. The van der Waals surface area contributed by atoms with Gasteiger partial charge in [-0.3, -0.25) is 9.36 Å². The smallest absolute Gasteiger partial charge is 0.307 e. The number of nitrogen functional groups attached to an aromatic ring is 1. The van der Waals surface area contributed by atoms with Crippen LogP contribution in [0.5, 0.6) is 0 Å². The summed E-state index contributed by atoms with van der Waals surface area (Å²) in [5, 5.41) is 0. The van der Waals surface area contributed by atoms with Gasteiger partial charge in [0.15, 0.2) is 0 Å². The zero-order valence-electron chi connectivity index (χ0n) is 9.36. The van der Waals surface area contributed by atoms with Gasteiger partial charge in [0.2, 0.25) is 0 Å². The summed E-state index contributed by atoms with van der Waals surface area (Å²) in [6, 6.07) is 7.64. The Kier molecular flexibility index (Phi) is 2.83. The molecule has 0 atom stereocenters. The van der Waals surface area contributed by atoms with Crippen LogP contribution in [0.3, 0.4) is 0 Å². The van der Waals surface area contributed by atoms with Crippen LogP contribution in [0.2, 0.25) is 0 Å². The normalized spacial score (nSPS) is 10.6. The van der Waals surface area contributed by atoms with Crippen LogP contribution in [-0.2, 0) is 6.54 Å². The summed E-state index contributed by atoms with van der Waals surface area (Å²) in [5.74, 6) is 0. The van der Waals surface area contributed by atoms with Crippen molar-refractivity contribution in [2.24, 2.45) is 0 Å². The number of benzene rings is 1. The fourth-order valence-electron chi connectivity index (χ4n) is 1.62. The molecule has 1 aromatic carbocycles. The predicted octanol–water partition coefficient (Wildman–Crippen LogP) is 2.16. The monoisotopic (exact) mass is 234 g/mol. The minimum Gasteiger partial charge on any atom is -0.398 e. The molecule has 0 bridgehead atoms. The first kappa shape index (κ1) is 11.0. The third kappa shape index (κ3) is 1.88. The molecule has 0 aliphatic heterocycles. The van der Waals surface area contributed by atoms with Crippen molar-refractivity contribution in [3.63, 3.8) is 0 Å². The highest BCUT2D eigenvalue weighted by Crippen LogP contribution is 2.15. The maximum absolute atomic E-state index is 11.7. The van der Waals surface area contributed by atoms with Crippen LogP contribution in [0.4, 0.5) is 5.69 Å². The van der Waals surface area contributed by atoms with Crippen molar-refractivity contribution in [1.82, 2.24) is 4.57 Å². The molecular weight excluding hydrogens is 220 g/mol. The third-order valence-electron chi connectivity index (χ3n) is 2.76. The highest BCUT2D eigenvalue weighted by atomic mass is 32.1. The lowest BCUT2D eigenvalue weighted by Crippen LogP contribution is -2.16. The van der Waals surface area contributed by atoms with Crippen LogP contribution < -0.4 is 10.6 Å². The Balaban J connectivity index is 2.42. The van der Waals surface area contributed by atoms with Gasteiger partial charge in [0, 0.05) is 16.3 Å². The molecule has 0 spiro atoms. The van der Waals surface area contributed by atoms with E-state index in [9.17, 15) is 4.79 Å². The number of hydrogen-bond acceptors (Lipinski definition) is 3. The Morgan fingerprint density at radius 2 is 2.00 bits per heavy atom. The number of aryl methyl sites for hydroxylation is 1. The molecule has 2 N–H and O–H groups in total. The summed E-state index contributed by atoms with van der Waals surface area (Å²) in [6.45, 7) is 4.49. The number of para-hydroxylation sites is 1. The summed E-state index contributed by atoms with van der Waals surface area (Å²) in [4.78, 5) is 12.9. The molecule has 3 nitrogen and oxygen atoms in total. The second-order valence-electron chi connectivity index (χ2n) is 3.79. The van der Waals surface area contributed by atoms with Crippen LogP contribution in [0.25, 0.3) is 0 Å². The summed E-state index contributed by atoms with van der Waals surface area (Å²) in [5.41, 5.74) is 8.61. The van der Waals surface area contributed by atoms with Gasteiger partial charge >= 0.3 is 4.87 Å². The van der Waals surface area contributed by atoms with E-state index in [1.54, 1.807) is 4.57 Å². The van der Waals surface area contributed by atoms with Gasteiger partial charge in [-0.05, 0) is 25.5 Å². The lowest BCUT2D eigenvalue weighted by atomic mass is 10.2. The molecule has 0 aliphatic rings. The van der Waals surface area contributed by atoms with Gasteiger partial charge in [-0.25, -0.2) is 0 Å². The van der Waals surface area contributed by atoms with E-state index in [0.717, 1.165) is 21.8 Å². The summed E-state index contributed by atoms with van der Waals surface area (Å²) >= 11 is 1.29. The number of anilines is 1. The van der Waals surface area contributed by atoms with E-state index >= 15 is 0 Å². The van der Waals surface area contributed by atoms with Crippen molar-refractivity contribution in [2.45, 2.75) is 20.4 Å². The van der Waals surface area contributed by atoms with Gasteiger partial charge in [-0.15, -0.1) is 0 Å². The summed E-state index contributed by atoms with van der Waals surface area (Å²) in [6.07, 6.45) is 0. The Morgan fingerprint density at radius 1 is 1.31 bits per heavy atom. The first-order chi connectivity index (χ1) is 7.59. The lowest BCUT2D eigenvalue weighted by molar-refractivity contribution is 0.753. The fraction of sp³-hybridized carbons (Fsp3) is 0.250. The van der Waals surface area contributed by atoms with E-state index in [2.05, 4.69) is 0 Å². The average Bonchev–Trinajstić information content (AvgIpc) is 2.48. The molecule has 2 aromatic rings. The first-order valence-electron chi connectivity index (χ1n) is 5.10. The Morgan fingerprint density at radius 3 is 2.56 bits per heavy atom. The zero-order valence-corrected chi connectivity index (χ0v) is 10.2. The summed E-state index contributed by atoms with van der Waals surface area (Å²) < 4.78 is 1.77. The molecule has 1 heterocycles. The van der Waals surface area contributed by atoms with E-state index in [4.69, 9.17) is 5.73 Å². The number of nitrogens with zero attached hydrogens (tertiary/aromatic N) is 1. The van der Waals surface area contributed by atoms with Gasteiger partial charge in [-0.1, -0.05) is 29.5 Å². The Labute approximate surface area is 98.2 Å². The minimum absolute atomic E-state index is 0.0817. The molecule has 0 aliphatic carbocycles. The van der Waals surface area contributed by atoms with E-state index in [1.165, 1.54) is 11.3 Å². The zero-order chi connectivity index (χ0) is 11.7. The molecule has 16 heavy (non-hydrogen) atoms. The second-order valence-corrected chi connectivity index (χ2v) is 4.96. The van der Waals surface area contributed by atoms with Gasteiger partial charge < -0.3 is 5.73 Å². The van der Waals surface area contributed by atoms with Gasteiger partial charge in [0.05, 0.1) is 6.54 Å². The van der Waals surface area contributed by atoms with Crippen molar-refractivity contribution < 1.29 is 0 Å². The van der Waals surface area contributed by atoms with Crippen molar-refractivity contribution in [3.8, 4) is 0 Å².